The number of amides is 1. The molecular formula is C14H19BrFNO. The van der Waals surface area contributed by atoms with Crippen molar-refractivity contribution in [1.29, 1.82) is 0 Å². The van der Waals surface area contributed by atoms with Gasteiger partial charge in [-0.1, -0.05) is 29.8 Å². The van der Waals surface area contributed by atoms with Crippen molar-refractivity contribution in [3.8, 4) is 0 Å². The van der Waals surface area contributed by atoms with Gasteiger partial charge in [-0.3, -0.25) is 4.79 Å². The quantitative estimate of drug-likeness (QED) is 0.825. The Morgan fingerprint density at radius 1 is 1.44 bits per heavy atom. The Morgan fingerprint density at radius 2 is 2.11 bits per heavy atom. The summed E-state index contributed by atoms with van der Waals surface area (Å²) in [5, 5.41) is 2.84. The normalized spacial score (nSPS) is 12.6. The first-order valence-electron chi connectivity index (χ1n) is 6.08. The van der Waals surface area contributed by atoms with Gasteiger partial charge >= 0.3 is 0 Å². The van der Waals surface area contributed by atoms with Crippen LogP contribution in [-0.4, -0.2) is 17.3 Å². The first-order valence-corrected chi connectivity index (χ1v) is 7.00. The molecule has 1 aromatic rings. The molecule has 1 rings (SSSR count). The van der Waals surface area contributed by atoms with Gasteiger partial charge < -0.3 is 5.32 Å². The van der Waals surface area contributed by atoms with Gasteiger partial charge in [-0.15, -0.1) is 0 Å². The highest BCUT2D eigenvalue weighted by atomic mass is 79.9. The Balaban J connectivity index is 2.52. The van der Waals surface area contributed by atoms with E-state index in [0.29, 0.717) is 23.6 Å². The van der Waals surface area contributed by atoms with E-state index in [1.807, 2.05) is 0 Å². The largest absolute Gasteiger partial charge is 0.351 e. The van der Waals surface area contributed by atoms with Gasteiger partial charge in [-0.05, 0) is 43.0 Å². The summed E-state index contributed by atoms with van der Waals surface area (Å²) in [6.45, 7) is 6.50. The standard InChI is InChI=1S/C14H19BrFNO/c1-9(2)6-12(15)8-17-14(18)11-4-5-13(16)10(3)7-11/h4-5,7,9,12H,6,8H2,1-3H3,(H,17,18). The monoisotopic (exact) mass is 315 g/mol. The molecule has 0 saturated heterocycles. The van der Waals surface area contributed by atoms with Gasteiger partial charge in [0.15, 0.2) is 0 Å². The highest BCUT2D eigenvalue weighted by Crippen LogP contribution is 2.12. The zero-order chi connectivity index (χ0) is 13.7. The summed E-state index contributed by atoms with van der Waals surface area (Å²) in [5.41, 5.74) is 0.985. The van der Waals surface area contributed by atoms with Crippen LogP contribution < -0.4 is 5.32 Å². The maximum absolute atomic E-state index is 13.1. The lowest BCUT2D eigenvalue weighted by molar-refractivity contribution is 0.0953. The summed E-state index contributed by atoms with van der Waals surface area (Å²) in [6, 6.07) is 4.39. The second kappa shape index (κ2) is 6.88. The minimum Gasteiger partial charge on any atom is -0.351 e. The molecule has 0 bridgehead atoms. The number of hydrogen-bond acceptors (Lipinski definition) is 1. The number of rotatable bonds is 5. The molecule has 0 radical (unpaired) electrons. The molecule has 1 amide bonds. The van der Waals surface area contributed by atoms with Gasteiger partial charge in [0.2, 0.25) is 0 Å². The summed E-state index contributed by atoms with van der Waals surface area (Å²) in [6.07, 6.45) is 1.00. The van der Waals surface area contributed by atoms with Crippen LogP contribution in [0.15, 0.2) is 18.2 Å². The van der Waals surface area contributed by atoms with E-state index in [0.717, 1.165) is 6.42 Å². The lowest BCUT2D eigenvalue weighted by Crippen LogP contribution is -2.30. The Hall–Kier alpha value is -0.900. The Kier molecular flexibility index (Phi) is 5.79. The lowest BCUT2D eigenvalue weighted by atomic mass is 10.1. The fourth-order valence-electron chi connectivity index (χ4n) is 1.69. The fourth-order valence-corrected chi connectivity index (χ4v) is 2.60. The smallest absolute Gasteiger partial charge is 0.251 e. The van der Waals surface area contributed by atoms with Crippen LogP contribution in [0.3, 0.4) is 0 Å². The molecule has 1 unspecified atom stereocenters. The number of alkyl halides is 1. The summed E-state index contributed by atoms with van der Waals surface area (Å²) in [7, 11) is 0. The highest BCUT2D eigenvalue weighted by molar-refractivity contribution is 9.09. The minimum atomic E-state index is -0.287. The molecule has 0 heterocycles. The second-order valence-corrected chi connectivity index (χ2v) is 6.20. The van der Waals surface area contributed by atoms with E-state index < -0.39 is 0 Å². The fraction of sp³-hybridized carbons (Fsp3) is 0.500. The zero-order valence-corrected chi connectivity index (χ0v) is 12.6. The molecule has 0 fully saturated rings. The molecule has 1 N–H and O–H groups in total. The molecule has 0 aromatic heterocycles. The van der Waals surface area contributed by atoms with Gasteiger partial charge in [-0.2, -0.15) is 0 Å². The van der Waals surface area contributed by atoms with Crippen molar-refractivity contribution in [3.05, 3.63) is 35.1 Å². The van der Waals surface area contributed by atoms with Crippen LogP contribution in [0.25, 0.3) is 0 Å². The van der Waals surface area contributed by atoms with E-state index in [1.54, 1.807) is 13.0 Å². The number of benzene rings is 1. The Bertz CT molecular complexity index is 420. The van der Waals surface area contributed by atoms with Gasteiger partial charge in [0.1, 0.15) is 5.82 Å². The Morgan fingerprint density at radius 3 is 2.67 bits per heavy atom. The molecule has 0 aliphatic rings. The number of carbonyl (C=O) groups excluding carboxylic acids is 1. The first-order chi connectivity index (χ1) is 8.40. The van der Waals surface area contributed by atoms with Crippen LogP contribution in [0.5, 0.6) is 0 Å². The molecule has 0 spiro atoms. The maximum Gasteiger partial charge on any atom is 0.251 e. The molecule has 0 aliphatic heterocycles. The number of aryl methyl sites for hydroxylation is 1. The third-order valence-corrected chi connectivity index (χ3v) is 3.33. The third kappa shape index (κ3) is 4.77. The average Bonchev–Trinajstić information content (AvgIpc) is 2.28. The average molecular weight is 316 g/mol. The molecule has 100 valence electrons. The van der Waals surface area contributed by atoms with Crippen LogP contribution in [0, 0.1) is 18.7 Å². The van der Waals surface area contributed by atoms with Crippen LogP contribution in [-0.2, 0) is 0 Å². The van der Waals surface area contributed by atoms with Crippen molar-refractivity contribution < 1.29 is 9.18 Å². The number of carbonyl (C=O) groups is 1. The van der Waals surface area contributed by atoms with Crippen molar-refractivity contribution in [1.82, 2.24) is 5.32 Å². The van der Waals surface area contributed by atoms with Crippen molar-refractivity contribution in [2.45, 2.75) is 32.0 Å². The SMILES string of the molecule is Cc1cc(C(=O)NCC(Br)CC(C)C)ccc1F. The van der Waals surface area contributed by atoms with Crippen molar-refractivity contribution >= 4 is 21.8 Å². The number of nitrogens with one attached hydrogen (secondary N) is 1. The van der Waals surface area contributed by atoms with Crippen molar-refractivity contribution in [2.24, 2.45) is 5.92 Å². The van der Waals surface area contributed by atoms with E-state index in [-0.39, 0.29) is 16.6 Å². The molecule has 4 heteroatoms. The highest BCUT2D eigenvalue weighted by Gasteiger charge is 2.11. The van der Waals surface area contributed by atoms with E-state index >= 15 is 0 Å². The van der Waals surface area contributed by atoms with Crippen molar-refractivity contribution in [3.63, 3.8) is 0 Å². The third-order valence-electron chi connectivity index (χ3n) is 2.63. The molecule has 0 aliphatic carbocycles. The van der Waals surface area contributed by atoms with E-state index in [1.165, 1.54) is 12.1 Å². The van der Waals surface area contributed by atoms with Crippen molar-refractivity contribution in [2.75, 3.05) is 6.54 Å². The minimum absolute atomic E-state index is 0.161. The van der Waals surface area contributed by atoms with E-state index in [4.69, 9.17) is 0 Å². The molecule has 2 nitrogen and oxygen atoms in total. The molecular weight excluding hydrogens is 297 g/mol. The summed E-state index contributed by atoms with van der Waals surface area (Å²) in [4.78, 5) is 12.1. The molecule has 0 saturated carbocycles. The number of hydrogen-bond donors (Lipinski definition) is 1. The summed E-state index contributed by atoms with van der Waals surface area (Å²) in [5.74, 6) is 0.135. The predicted octanol–water partition coefficient (Wildman–Crippen LogP) is 3.67. The van der Waals surface area contributed by atoms with Crippen LogP contribution >= 0.6 is 15.9 Å². The predicted molar refractivity (Wildman–Crippen MR) is 75.6 cm³/mol. The van der Waals surface area contributed by atoms with Gasteiger partial charge in [0.05, 0.1) is 0 Å². The maximum atomic E-state index is 13.1. The lowest BCUT2D eigenvalue weighted by Gasteiger charge is -2.13. The molecule has 1 aromatic carbocycles. The topological polar surface area (TPSA) is 29.1 Å². The number of halogens is 2. The Labute approximate surface area is 116 Å². The summed E-state index contributed by atoms with van der Waals surface area (Å²) >= 11 is 3.53. The van der Waals surface area contributed by atoms with E-state index in [2.05, 4.69) is 35.1 Å². The van der Waals surface area contributed by atoms with Crippen LogP contribution in [0.1, 0.15) is 36.2 Å². The second-order valence-electron chi connectivity index (χ2n) is 4.90. The van der Waals surface area contributed by atoms with Gasteiger partial charge in [0, 0.05) is 16.9 Å². The van der Waals surface area contributed by atoms with Gasteiger partial charge in [0.25, 0.3) is 5.91 Å². The van der Waals surface area contributed by atoms with Crippen LogP contribution in [0.4, 0.5) is 4.39 Å². The van der Waals surface area contributed by atoms with Gasteiger partial charge in [-0.25, -0.2) is 4.39 Å². The summed E-state index contributed by atoms with van der Waals surface area (Å²) < 4.78 is 13.1. The van der Waals surface area contributed by atoms with Crippen LogP contribution in [0.2, 0.25) is 0 Å². The van der Waals surface area contributed by atoms with E-state index in [9.17, 15) is 9.18 Å². The molecule has 1 atom stereocenters. The first kappa shape index (κ1) is 15.2. The zero-order valence-electron chi connectivity index (χ0n) is 11.0. The molecule has 18 heavy (non-hydrogen) atoms.